The van der Waals surface area contributed by atoms with Gasteiger partial charge >= 0.3 is 5.97 Å². The molecule has 0 bridgehead atoms. The maximum atomic E-state index is 10.9. The second-order valence-corrected chi connectivity index (χ2v) is 6.38. The van der Waals surface area contributed by atoms with Crippen LogP contribution < -0.4 is 4.74 Å². The maximum absolute atomic E-state index is 10.9. The van der Waals surface area contributed by atoms with E-state index in [4.69, 9.17) is 14.6 Å². The quantitative estimate of drug-likeness (QED) is 0.655. The molecule has 1 atom stereocenters. The van der Waals surface area contributed by atoms with Crippen LogP contribution in [0.15, 0.2) is 24.3 Å². The second kappa shape index (κ2) is 10.2. The number of hydrogen-bond donors (Lipinski definition) is 1. The first-order valence-electron chi connectivity index (χ1n) is 8.82. The van der Waals surface area contributed by atoms with E-state index in [0.29, 0.717) is 32.7 Å². The van der Waals surface area contributed by atoms with Gasteiger partial charge in [-0.3, -0.25) is 9.69 Å². The fourth-order valence-corrected chi connectivity index (χ4v) is 2.81. The number of ketones is 1. The Bertz CT molecular complexity index is 557. The average Bonchev–Trinajstić information content (AvgIpc) is 2.60. The first-order chi connectivity index (χ1) is 12.0. The van der Waals surface area contributed by atoms with Crippen LogP contribution in [-0.4, -0.2) is 54.6 Å². The van der Waals surface area contributed by atoms with E-state index in [1.807, 2.05) is 24.3 Å². The maximum Gasteiger partial charge on any atom is 0.304 e. The van der Waals surface area contributed by atoms with Crippen molar-refractivity contribution in [2.75, 3.05) is 32.8 Å². The van der Waals surface area contributed by atoms with Crippen LogP contribution in [0.25, 0.3) is 0 Å². The zero-order valence-electron chi connectivity index (χ0n) is 14.8. The summed E-state index contributed by atoms with van der Waals surface area (Å²) in [6, 6.07) is 7.85. The van der Waals surface area contributed by atoms with Gasteiger partial charge < -0.3 is 19.4 Å². The molecule has 0 aliphatic carbocycles. The van der Waals surface area contributed by atoms with Crippen LogP contribution in [0.2, 0.25) is 0 Å². The molecule has 0 amide bonds. The van der Waals surface area contributed by atoms with E-state index in [9.17, 15) is 9.59 Å². The molecule has 6 nitrogen and oxygen atoms in total. The molecule has 0 spiro atoms. The van der Waals surface area contributed by atoms with Crippen molar-refractivity contribution in [3.8, 4) is 5.75 Å². The van der Waals surface area contributed by atoms with E-state index in [0.717, 1.165) is 30.7 Å². The van der Waals surface area contributed by atoms with Crippen molar-refractivity contribution in [1.82, 2.24) is 4.90 Å². The highest BCUT2D eigenvalue weighted by molar-refractivity contribution is 5.75. The van der Waals surface area contributed by atoms with Crippen molar-refractivity contribution < 1.29 is 24.2 Å². The van der Waals surface area contributed by atoms with E-state index in [2.05, 4.69) is 4.90 Å². The van der Waals surface area contributed by atoms with Gasteiger partial charge in [-0.1, -0.05) is 12.1 Å². The molecular formula is C19H27NO5. The predicted molar refractivity (Wildman–Crippen MR) is 93.9 cm³/mol. The Morgan fingerprint density at radius 3 is 2.68 bits per heavy atom. The summed E-state index contributed by atoms with van der Waals surface area (Å²) in [6.07, 6.45) is 2.45. The molecule has 1 aromatic carbocycles. The fraction of sp³-hybridized carbons (Fsp3) is 0.579. The average molecular weight is 349 g/mol. The minimum absolute atomic E-state index is 0.0350. The molecule has 1 heterocycles. The molecule has 1 aliphatic rings. The number of unbranched alkanes of at least 4 members (excludes halogenated alkanes) is 1. The van der Waals surface area contributed by atoms with Crippen LogP contribution in [0, 0.1) is 0 Å². The largest absolute Gasteiger partial charge is 0.494 e. The summed E-state index contributed by atoms with van der Waals surface area (Å²) < 4.78 is 11.5. The number of rotatable bonds is 10. The van der Waals surface area contributed by atoms with Crippen molar-refractivity contribution in [1.29, 1.82) is 0 Å². The van der Waals surface area contributed by atoms with Crippen molar-refractivity contribution in [3.05, 3.63) is 29.8 Å². The first-order valence-corrected chi connectivity index (χ1v) is 8.82. The number of morpholine rings is 1. The third-order valence-electron chi connectivity index (χ3n) is 4.24. The van der Waals surface area contributed by atoms with Crippen LogP contribution >= 0.6 is 0 Å². The molecule has 1 N–H and O–H groups in total. The topological polar surface area (TPSA) is 76.1 Å². The number of benzene rings is 1. The minimum Gasteiger partial charge on any atom is -0.494 e. The lowest BCUT2D eigenvalue weighted by Crippen LogP contribution is -2.39. The van der Waals surface area contributed by atoms with E-state index in [-0.39, 0.29) is 18.3 Å². The zero-order chi connectivity index (χ0) is 18.1. The number of carbonyl (C=O) groups excluding carboxylic acids is 1. The molecule has 0 radical (unpaired) electrons. The molecule has 1 fully saturated rings. The molecule has 2 rings (SSSR count). The van der Waals surface area contributed by atoms with Gasteiger partial charge in [-0.25, -0.2) is 0 Å². The predicted octanol–water partition coefficient (Wildman–Crippen LogP) is 2.67. The number of aliphatic carboxylic acids is 1. The number of nitrogens with zero attached hydrogens (tertiary/aromatic N) is 1. The fourth-order valence-electron chi connectivity index (χ4n) is 2.81. The van der Waals surface area contributed by atoms with Crippen LogP contribution in [-0.2, 0) is 14.3 Å². The summed E-state index contributed by atoms with van der Waals surface area (Å²) in [5.74, 6) is 0.257. The summed E-state index contributed by atoms with van der Waals surface area (Å²) >= 11 is 0. The molecule has 1 aliphatic heterocycles. The molecule has 1 saturated heterocycles. The summed E-state index contributed by atoms with van der Waals surface area (Å²) in [5, 5.41) is 8.80. The number of Topliss-reactive ketones (excluding diaryl/α,β-unsaturated/α-hetero) is 1. The van der Waals surface area contributed by atoms with E-state index >= 15 is 0 Å². The van der Waals surface area contributed by atoms with Crippen molar-refractivity contribution in [2.24, 2.45) is 0 Å². The zero-order valence-corrected chi connectivity index (χ0v) is 14.8. The highest BCUT2D eigenvalue weighted by Gasteiger charge is 2.22. The molecule has 0 unspecified atom stereocenters. The second-order valence-electron chi connectivity index (χ2n) is 6.38. The third kappa shape index (κ3) is 7.23. The van der Waals surface area contributed by atoms with E-state index in [1.54, 1.807) is 6.92 Å². The number of carboxylic acids is 1. The molecule has 1 aromatic rings. The first kappa shape index (κ1) is 19.4. The molecular weight excluding hydrogens is 322 g/mol. The highest BCUT2D eigenvalue weighted by atomic mass is 16.5. The molecule has 6 heteroatoms. The molecule has 25 heavy (non-hydrogen) atoms. The van der Waals surface area contributed by atoms with E-state index in [1.165, 1.54) is 0 Å². The normalized spacial score (nSPS) is 18.0. The Morgan fingerprint density at radius 2 is 2.00 bits per heavy atom. The lowest BCUT2D eigenvalue weighted by atomic mass is 10.1. The van der Waals surface area contributed by atoms with Gasteiger partial charge in [0, 0.05) is 26.1 Å². The molecule has 0 aromatic heterocycles. The van der Waals surface area contributed by atoms with Gasteiger partial charge in [0.2, 0.25) is 0 Å². The SMILES string of the molecule is CC(=O)CCCCOc1ccc([C@H]2CN(CCC(=O)O)CCO2)cc1. The summed E-state index contributed by atoms with van der Waals surface area (Å²) in [5.41, 5.74) is 1.07. The Labute approximate surface area is 148 Å². The Kier molecular flexibility index (Phi) is 7.88. The number of carboxylic acid groups (broad SMARTS) is 1. The van der Waals surface area contributed by atoms with Gasteiger partial charge in [-0.2, -0.15) is 0 Å². The van der Waals surface area contributed by atoms with Gasteiger partial charge in [0.1, 0.15) is 11.5 Å². The van der Waals surface area contributed by atoms with Gasteiger partial charge in [0.25, 0.3) is 0 Å². The summed E-state index contributed by atoms with van der Waals surface area (Å²) in [4.78, 5) is 23.7. The number of ether oxygens (including phenoxy) is 2. The van der Waals surface area contributed by atoms with Gasteiger partial charge in [0.05, 0.1) is 25.7 Å². The van der Waals surface area contributed by atoms with Crippen molar-refractivity contribution in [2.45, 2.75) is 38.7 Å². The summed E-state index contributed by atoms with van der Waals surface area (Å²) in [6.45, 7) is 4.85. The van der Waals surface area contributed by atoms with Crippen LogP contribution in [0.1, 0.15) is 44.3 Å². The third-order valence-corrected chi connectivity index (χ3v) is 4.24. The van der Waals surface area contributed by atoms with Gasteiger partial charge in [-0.05, 0) is 37.5 Å². The van der Waals surface area contributed by atoms with E-state index < -0.39 is 5.97 Å². The molecule has 0 saturated carbocycles. The number of carbonyl (C=O) groups is 2. The van der Waals surface area contributed by atoms with Gasteiger partial charge in [-0.15, -0.1) is 0 Å². The van der Waals surface area contributed by atoms with Crippen molar-refractivity contribution in [3.63, 3.8) is 0 Å². The standard InChI is InChI=1S/C19H27NO5/c1-15(21)4-2-3-12-24-17-7-5-16(6-8-17)18-14-20(11-13-25-18)10-9-19(22)23/h5-8,18H,2-4,9-14H2,1H3,(H,22,23)/t18-/m1/s1. The van der Waals surface area contributed by atoms with Crippen LogP contribution in [0.5, 0.6) is 5.75 Å². The summed E-state index contributed by atoms with van der Waals surface area (Å²) in [7, 11) is 0. The van der Waals surface area contributed by atoms with Crippen LogP contribution in [0.3, 0.4) is 0 Å². The smallest absolute Gasteiger partial charge is 0.304 e. The van der Waals surface area contributed by atoms with Crippen molar-refractivity contribution >= 4 is 11.8 Å². The van der Waals surface area contributed by atoms with Gasteiger partial charge in [0.15, 0.2) is 0 Å². The Morgan fingerprint density at radius 1 is 1.24 bits per heavy atom. The molecule has 138 valence electrons. The number of hydrogen-bond acceptors (Lipinski definition) is 5. The Balaban J connectivity index is 1.76. The Hall–Kier alpha value is -1.92. The highest BCUT2D eigenvalue weighted by Crippen LogP contribution is 2.24. The minimum atomic E-state index is -0.771. The van der Waals surface area contributed by atoms with Crippen LogP contribution in [0.4, 0.5) is 0 Å². The monoisotopic (exact) mass is 349 g/mol. The lowest BCUT2D eigenvalue weighted by molar-refractivity contribution is -0.137. The lowest BCUT2D eigenvalue weighted by Gasteiger charge is -2.32.